The number of aliphatic imine (C=N–C) groups is 1. The first-order valence-electron chi connectivity index (χ1n) is 4.25. The maximum Gasteiger partial charge on any atom is 0.188 e. The van der Waals surface area contributed by atoms with Gasteiger partial charge in [0.1, 0.15) is 0 Å². The summed E-state index contributed by atoms with van der Waals surface area (Å²) in [6, 6.07) is 0. The van der Waals surface area contributed by atoms with Crippen molar-refractivity contribution in [3.05, 3.63) is 18.7 Å². The van der Waals surface area contributed by atoms with E-state index in [0.717, 1.165) is 19.5 Å². The number of nitrogens with two attached hydrogens (primary N) is 1. The molecule has 0 amide bonds. The van der Waals surface area contributed by atoms with Crippen molar-refractivity contribution in [1.82, 2.24) is 14.9 Å². The summed E-state index contributed by atoms with van der Waals surface area (Å²) < 4.78 is 2.03. The molecule has 0 radical (unpaired) electrons. The molecule has 0 saturated heterocycles. The largest absolute Gasteiger partial charge is 0.370 e. The Kier molecular flexibility index (Phi) is 3.81. The maximum absolute atomic E-state index is 5.45. The molecule has 0 bridgehead atoms. The Morgan fingerprint density at radius 3 is 3.15 bits per heavy atom. The highest BCUT2D eigenvalue weighted by molar-refractivity contribution is 5.77. The summed E-state index contributed by atoms with van der Waals surface area (Å²) in [6.07, 6.45) is 6.52. The Hall–Kier alpha value is -1.52. The van der Waals surface area contributed by atoms with Crippen LogP contribution in [0.1, 0.15) is 6.42 Å². The van der Waals surface area contributed by atoms with Crippen molar-refractivity contribution < 1.29 is 0 Å². The van der Waals surface area contributed by atoms with Crippen LogP contribution in [-0.4, -0.2) is 29.1 Å². The van der Waals surface area contributed by atoms with Gasteiger partial charge >= 0.3 is 0 Å². The molecule has 0 spiro atoms. The van der Waals surface area contributed by atoms with E-state index in [2.05, 4.69) is 15.3 Å². The van der Waals surface area contributed by atoms with Crippen LogP contribution in [0.3, 0.4) is 0 Å². The van der Waals surface area contributed by atoms with E-state index in [9.17, 15) is 0 Å². The molecule has 0 atom stereocenters. The molecule has 0 aliphatic carbocycles. The van der Waals surface area contributed by atoms with Gasteiger partial charge in [0.2, 0.25) is 0 Å². The molecule has 0 aromatic carbocycles. The molecule has 72 valence electrons. The summed E-state index contributed by atoms with van der Waals surface area (Å²) in [5.41, 5.74) is 5.45. The van der Waals surface area contributed by atoms with Crippen LogP contribution in [0.2, 0.25) is 0 Å². The van der Waals surface area contributed by atoms with Crippen molar-refractivity contribution in [2.45, 2.75) is 13.0 Å². The van der Waals surface area contributed by atoms with Crippen molar-refractivity contribution in [3.63, 3.8) is 0 Å². The SMILES string of the molecule is CN=C(N)NCCCn1ccnc1. The van der Waals surface area contributed by atoms with Gasteiger partial charge < -0.3 is 15.6 Å². The number of nitrogens with zero attached hydrogens (tertiary/aromatic N) is 3. The van der Waals surface area contributed by atoms with E-state index >= 15 is 0 Å². The predicted octanol–water partition coefficient (Wildman–Crippen LogP) is -0.193. The molecule has 3 N–H and O–H groups in total. The molecule has 1 rings (SSSR count). The standard InChI is InChI=1S/C8H15N5/c1-10-8(9)12-3-2-5-13-6-4-11-7-13/h4,6-7H,2-3,5H2,1H3,(H3,9,10,12). The summed E-state index contributed by atoms with van der Waals surface area (Å²) in [6.45, 7) is 1.78. The van der Waals surface area contributed by atoms with E-state index in [4.69, 9.17) is 5.73 Å². The lowest BCUT2D eigenvalue weighted by Crippen LogP contribution is -2.32. The van der Waals surface area contributed by atoms with Crippen LogP contribution >= 0.6 is 0 Å². The van der Waals surface area contributed by atoms with Crippen LogP contribution in [0.4, 0.5) is 0 Å². The van der Waals surface area contributed by atoms with Crippen molar-refractivity contribution in [1.29, 1.82) is 0 Å². The van der Waals surface area contributed by atoms with Gasteiger partial charge in [0, 0.05) is 32.5 Å². The Morgan fingerprint density at radius 1 is 1.69 bits per heavy atom. The average Bonchev–Trinajstić information content (AvgIpc) is 2.64. The molecular weight excluding hydrogens is 166 g/mol. The van der Waals surface area contributed by atoms with Crippen molar-refractivity contribution in [2.75, 3.05) is 13.6 Å². The van der Waals surface area contributed by atoms with E-state index in [1.54, 1.807) is 19.6 Å². The normalized spacial score (nSPS) is 11.6. The molecule has 5 heteroatoms. The van der Waals surface area contributed by atoms with E-state index in [1.807, 2.05) is 10.8 Å². The fourth-order valence-corrected chi connectivity index (χ4v) is 0.976. The summed E-state index contributed by atoms with van der Waals surface area (Å²) in [7, 11) is 1.66. The zero-order valence-electron chi connectivity index (χ0n) is 7.77. The van der Waals surface area contributed by atoms with Crippen molar-refractivity contribution in [2.24, 2.45) is 10.7 Å². The predicted molar refractivity (Wildman–Crippen MR) is 52.4 cm³/mol. The van der Waals surface area contributed by atoms with Crippen molar-refractivity contribution >= 4 is 5.96 Å². The van der Waals surface area contributed by atoms with Gasteiger partial charge in [-0.25, -0.2) is 4.98 Å². The lowest BCUT2D eigenvalue weighted by Gasteiger charge is -2.04. The van der Waals surface area contributed by atoms with Crippen LogP contribution in [0.5, 0.6) is 0 Å². The smallest absolute Gasteiger partial charge is 0.188 e. The molecule has 0 fully saturated rings. The van der Waals surface area contributed by atoms with E-state index < -0.39 is 0 Å². The second-order valence-electron chi connectivity index (χ2n) is 2.69. The highest BCUT2D eigenvalue weighted by atomic mass is 15.1. The third-order valence-electron chi connectivity index (χ3n) is 1.70. The lowest BCUT2D eigenvalue weighted by molar-refractivity contribution is 0.629. The number of nitrogens with one attached hydrogen (secondary N) is 1. The summed E-state index contributed by atoms with van der Waals surface area (Å²) in [5.74, 6) is 0.491. The Labute approximate surface area is 77.7 Å². The quantitative estimate of drug-likeness (QED) is 0.384. The minimum absolute atomic E-state index is 0.491. The van der Waals surface area contributed by atoms with Crippen LogP contribution in [-0.2, 0) is 6.54 Å². The maximum atomic E-state index is 5.45. The highest BCUT2D eigenvalue weighted by Gasteiger charge is 1.91. The van der Waals surface area contributed by atoms with Gasteiger partial charge in [-0.15, -0.1) is 0 Å². The first kappa shape index (κ1) is 9.57. The number of aryl methyl sites for hydroxylation is 1. The van der Waals surface area contributed by atoms with Gasteiger partial charge in [0.05, 0.1) is 6.33 Å². The van der Waals surface area contributed by atoms with Crippen molar-refractivity contribution in [3.8, 4) is 0 Å². The number of hydrogen-bond acceptors (Lipinski definition) is 2. The summed E-state index contributed by atoms with van der Waals surface area (Å²) >= 11 is 0. The van der Waals surface area contributed by atoms with E-state index in [1.165, 1.54) is 0 Å². The zero-order chi connectivity index (χ0) is 9.52. The molecule has 0 aliphatic heterocycles. The van der Waals surface area contributed by atoms with Gasteiger partial charge in [-0.3, -0.25) is 4.99 Å². The molecule has 5 nitrogen and oxygen atoms in total. The Balaban J connectivity index is 2.08. The number of rotatable bonds is 4. The molecule has 1 heterocycles. The first-order valence-corrected chi connectivity index (χ1v) is 4.25. The molecule has 1 aromatic rings. The van der Waals surface area contributed by atoms with Gasteiger partial charge in [0.25, 0.3) is 0 Å². The second-order valence-corrected chi connectivity index (χ2v) is 2.69. The third kappa shape index (κ3) is 3.59. The zero-order valence-corrected chi connectivity index (χ0v) is 7.77. The minimum Gasteiger partial charge on any atom is -0.370 e. The van der Waals surface area contributed by atoms with Crippen LogP contribution in [0.25, 0.3) is 0 Å². The Morgan fingerprint density at radius 2 is 2.54 bits per heavy atom. The van der Waals surface area contributed by atoms with Gasteiger partial charge in [-0.2, -0.15) is 0 Å². The third-order valence-corrected chi connectivity index (χ3v) is 1.70. The lowest BCUT2D eigenvalue weighted by atomic mass is 10.4. The second kappa shape index (κ2) is 5.18. The topological polar surface area (TPSA) is 68.2 Å². The number of hydrogen-bond donors (Lipinski definition) is 2. The summed E-state index contributed by atoms with van der Waals surface area (Å²) in [5, 5.41) is 2.99. The first-order chi connectivity index (χ1) is 6.33. The van der Waals surface area contributed by atoms with Crippen LogP contribution in [0.15, 0.2) is 23.7 Å². The average molecular weight is 181 g/mol. The molecule has 13 heavy (non-hydrogen) atoms. The fourth-order valence-electron chi connectivity index (χ4n) is 0.976. The highest BCUT2D eigenvalue weighted by Crippen LogP contribution is 1.88. The van der Waals surface area contributed by atoms with Gasteiger partial charge in [0.15, 0.2) is 5.96 Å². The van der Waals surface area contributed by atoms with E-state index in [-0.39, 0.29) is 0 Å². The Bertz CT molecular complexity index is 252. The molecular formula is C8H15N5. The molecule has 0 saturated carbocycles. The van der Waals surface area contributed by atoms with Crippen LogP contribution < -0.4 is 11.1 Å². The summed E-state index contributed by atoms with van der Waals surface area (Å²) in [4.78, 5) is 7.73. The van der Waals surface area contributed by atoms with Gasteiger partial charge in [-0.1, -0.05) is 0 Å². The van der Waals surface area contributed by atoms with Crippen LogP contribution in [0, 0.1) is 0 Å². The molecule has 0 aliphatic rings. The fraction of sp³-hybridized carbons (Fsp3) is 0.500. The minimum atomic E-state index is 0.491. The number of guanidine groups is 1. The number of imidazole rings is 1. The van der Waals surface area contributed by atoms with E-state index in [0.29, 0.717) is 5.96 Å². The number of aromatic nitrogens is 2. The molecule has 1 aromatic heterocycles. The molecule has 0 unspecified atom stereocenters. The monoisotopic (exact) mass is 181 g/mol. The van der Waals surface area contributed by atoms with Gasteiger partial charge in [-0.05, 0) is 6.42 Å².